The summed E-state index contributed by atoms with van der Waals surface area (Å²) in [5.74, 6) is -1.06. The highest BCUT2D eigenvalue weighted by atomic mass is 16.5. The minimum atomic E-state index is -0.595. The molecule has 0 bridgehead atoms. The first-order valence-electron chi connectivity index (χ1n) is 4.52. The first-order valence-corrected chi connectivity index (χ1v) is 4.52. The molecule has 13 heavy (non-hydrogen) atoms. The molecule has 0 aromatic rings. The quantitative estimate of drug-likeness (QED) is 0.466. The first-order chi connectivity index (χ1) is 6.25. The monoisotopic (exact) mass is 186 g/mol. The standard InChI is InChI=1S/C9H14O4/c1-2-13-9(11)7-3-5-12-6-4-8(7)10/h7H,2-6H2,1H3/t7-/m0/s1. The van der Waals surface area contributed by atoms with Crippen molar-refractivity contribution in [3.63, 3.8) is 0 Å². The smallest absolute Gasteiger partial charge is 0.316 e. The van der Waals surface area contributed by atoms with E-state index in [4.69, 9.17) is 9.47 Å². The van der Waals surface area contributed by atoms with E-state index in [9.17, 15) is 9.59 Å². The van der Waals surface area contributed by atoms with Gasteiger partial charge in [0.05, 0.1) is 13.2 Å². The van der Waals surface area contributed by atoms with Gasteiger partial charge >= 0.3 is 5.97 Å². The second-order valence-corrected chi connectivity index (χ2v) is 2.92. The molecule has 1 aliphatic rings. The molecule has 1 aliphatic heterocycles. The summed E-state index contributed by atoms with van der Waals surface area (Å²) in [6.45, 7) is 2.95. The van der Waals surface area contributed by atoms with Crippen molar-refractivity contribution in [3.05, 3.63) is 0 Å². The lowest BCUT2D eigenvalue weighted by atomic mass is 10.00. The van der Waals surface area contributed by atoms with E-state index in [1.165, 1.54) is 0 Å². The van der Waals surface area contributed by atoms with E-state index in [1.54, 1.807) is 6.92 Å². The molecule has 1 saturated heterocycles. The van der Waals surface area contributed by atoms with Crippen molar-refractivity contribution < 1.29 is 19.1 Å². The normalized spacial score (nSPS) is 23.8. The Morgan fingerprint density at radius 2 is 2.38 bits per heavy atom. The van der Waals surface area contributed by atoms with Gasteiger partial charge in [0.1, 0.15) is 11.7 Å². The fraction of sp³-hybridized carbons (Fsp3) is 0.778. The van der Waals surface area contributed by atoms with Gasteiger partial charge in [-0.2, -0.15) is 0 Å². The number of ketones is 1. The van der Waals surface area contributed by atoms with E-state index in [-0.39, 0.29) is 5.78 Å². The molecule has 4 nitrogen and oxygen atoms in total. The van der Waals surface area contributed by atoms with Crippen LogP contribution in [0.1, 0.15) is 19.8 Å². The van der Waals surface area contributed by atoms with Crippen LogP contribution in [0.5, 0.6) is 0 Å². The Bertz CT molecular complexity index is 200. The maximum atomic E-state index is 11.3. The van der Waals surface area contributed by atoms with Crippen molar-refractivity contribution >= 4 is 11.8 Å². The van der Waals surface area contributed by atoms with Crippen LogP contribution >= 0.6 is 0 Å². The Hall–Kier alpha value is -0.900. The third kappa shape index (κ3) is 2.81. The van der Waals surface area contributed by atoms with Crippen LogP contribution in [0.3, 0.4) is 0 Å². The van der Waals surface area contributed by atoms with Crippen molar-refractivity contribution in [2.75, 3.05) is 19.8 Å². The number of hydrogen-bond acceptors (Lipinski definition) is 4. The summed E-state index contributed by atoms with van der Waals surface area (Å²) in [6, 6.07) is 0. The molecule has 0 aromatic heterocycles. The molecule has 1 atom stereocenters. The highest BCUT2D eigenvalue weighted by molar-refractivity contribution is 5.99. The summed E-state index contributed by atoms with van der Waals surface area (Å²) in [7, 11) is 0. The van der Waals surface area contributed by atoms with E-state index >= 15 is 0 Å². The Morgan fingerprint density at radius 1 is 1.62 bits per heavy atom. The molecule has 0 saturated carbocycles. The van der Waals surface area contributed by atoms with Crippen molar-refractivity contribution in [1.29, 1.82) is 0 Å². The molecule has 4 heteroatoms. The van der Waals surface area contributed by atoms with Crippen LogP contribution < -0.4 is 0 Å². The lowest BCUT2D eigenvalue weighted by Crippen LogP contribution is -2.25. The van der Waals surface area contributed by atoms with Crippen molar-refractivity contribution in [2.24, 2.45) is 5.92 Å². The third-order valence-corrected chi connectivity index (χ3v) is 2.00. The minimum Gasteiger partial charge on any atom is -0.465 e. The zero-order chi connectivity index (χ0) is 9.68. The highest BCUT2D eigenvalue weighted by Gasteiger charge is 2.28. The Morgan fingerprint density at radius 3 is 3.08 bits per heavy atom. The second-order valence-electron chi connectivity index (χ2n) is 2.92. The van der Waals surface area contributed by atoms with Crippen LogP contribution in [0, 0.1) is 5.92 Å². The number of esters is 1. The molecule has 0 aromatic carbocycles. The van der Waals surface area contributed by atoms with Gasteiger partial charge in [0.25, 0.3) is 0 Å². The van der Waals surface area contributed by atoms with Crippen LogP contribution in [0.2, 0.25) is 0 Å². The molecule has 1 rings (SSSR count). The molecule has 0 aliphatic carbocycles. The zero-order valence-corrected chi connectivity index (χ0v) is 7.75. The van der Waals surface area contributed by atoms with Gasteiger partial charge < -0.3 is 9.47 Å². The summed E-state index contributed by atoms with van der Waals surface area (Å²) < 4.78 is 9.89. The topological polar surface area (TPSA) is 52.6 Å². The summed E-state index contributed by atoms with van der Waals surface area (Å²) in [5, 5.41) is 0. The van der Waals surface area contributed by atoms with E-state index in [2.05, 4.69) is 0 Å². The van der Waals surface area contributed by atoms with Gasteiger partial charge in [-0.05, 0) is 13.3 Å². The molecule has 0 N–H and O–H groups in total. The lowest BCUT2D eigenvalue weighted by Gasteiger charge is -2.09. The number of carbonyl (C=O) groups excluding carboxylic acids is 2. The van der Waals surface area contributed by atoms with Crippen molar-refractivity contribution in [2.45, 2.75) is 19.8 Å². The van der Waals surface area contributed by atoms with E-state index < -0.39 is 11.9 Å². The van der Waals surface area contributed by atoms with Gasteiger partial charge in [-0.25, -0.2) is 0 Å². The van der Waals surface area contributed by atoms with E-state index in [1.807, 2.05) is 0 Å². The van der Waals surface area contributed by atoms with Crippen LogP contribution in [0.25, 0.3) is 0 Å². The Kier molecular flexibility index (Phi) is 3.89. The van der Waals surface area contributed by atoms with Crippen LogP contribution in [-0.2, 0) is 19.1 Å². The molecule has 0 amide bonds. The molecule has 0 spiro atoms. The van der Waals surface area contributed by atoms with Crippen molar-refractivity contribution in [3.8, 4) is 0 Å². The summed E-state index contributed by atoms with van der Waals surface area (Å²) in [5.41, 5.74) is 0. The van der Waals surface area contributed by atoms with Gasteiger partial charge in [-0.1, -0.05) is 0 Å². The third-order valence-electron chi connectivity index (χ3n) is 2.00. The number of rotatable bonds is 2. The van der Waals surface area contributed by atoms with E-state index in [0.29, 0.717) is 32.7 Å². The number of carbonyl (C=O) groups is 2. The van der Waals surface area contributed by atoms with Crippen molar-refractivity contribution in [1.82, 2.24) is 0 Å². The van der Waals surface area contributed by atoms with Crippen LogP contribution in [-0.4, -0.2) is 31.6 Å². The number of Topliss-reactive ketones (excluding diaryl/α,β-unsaturated/α-hetero) is 1. The van der Waals surface area contributed by atoms with Gasteiger partial charge in [0.15, 0.2) is 0 Å². The lowest BCUT2D eigenvalue weighted by molar-refractivity contribution is -0.151. The molecule has 74 valence electrons. The van der Waals surface area contributed by atoms with E-state index in [0.717, 1.165) is 0 Å². The maximum Gasteiger partial charge on any atom is 0.316 e. The summed E-state index contributed by atoms with van der Waals surface area (Å²) in [6.07, 6.45) is 0.779. The minimum absolute atomic E-state index is 0.0593. The Labute approximate surface area is 77.2 Å². The first kappa shape index (κ1) is 10.2. The largest absolute Gasteiger partial charge is 0.465 e. The van der Waals surface area contributed by atoms with Crippen LogP contribution in [0.4, 0.5) is 0 Å². The van der Waals surface area contributed by atoms with Gasteiger partial charge in [0.2, 0.25) is 0 Å². The second kappa shape index (κ2) is 4.97. The predicted octanol–water partition coefficient (Wildman–Crippen LogP) is 0.545. The highest BCUT2D eigenvalue weighted by Crippen LogP contribution is 2.13. The molecular weight excluding hydrogens is 172 g/mol. The zero-order valence-electron chi connectivity index (χ0n) is 7.75. The van der Waals surface area contributed by atoms with Crippen LogP contribution in [0.15, 0.2) is 0 Å². The average Bonchev–Trinajstić information content (AvgIpc) is 2.30. The molecular formula is C9H14O4. The molecule has 1 fully saturated rings. The molecule has 0 radical (unpaired) electrons. The summed E-state index contributed by atoms with van der Waals surface area (Å²) in [4.78, 5) is 22.6. The summed E-state index contributed by atoms with van der Waals surface area (Å²) >= 11 is 0. The predicted molar refractivity (Wildman–Crippen MR) is 45.2 cm³/mol. The Balaban J connectivity index is 2.53. The average molecular weight is 186 g/mol. The van der Waals surface area contributed by atoms with Gasteiger partial charge in [0, 0.05) is 13.0 Å². The fourth-order valence-corrected chi connectivity index (χ4v) is 1.30. The fourth-order valence-electron chi connectivity index (χ4n) is 1.30. The number of hydrogen-bond donors (Lipinski definition) is 0. The van der Waals surface area contributed by atoms with Gasteiger partial charge in [-0.3, -0.25) is 9.59 Å². The number of ether oxygens (including phenoxy) is 2. The van der Waals surface area contributed by atoms with Gasteiger partial charge in [-0.15, -0.1) is 0 Å². The SMILES string of the molecule is CCOC(=O)[C@H]1CCOCCC1=O. The molecule has 0 unspecified atom stereocenters. The molecule has 1 heterocycles. The maximum absolute atomic E-state index is 11.3.